The predicted octanol–water partition coefficient (Wildman–Crippen LogP) is 3.75. The first-order valence-electron chi connectivity index (χ1n) is 9.02. The molecule has 0 spiro atoms. The van der Waals surface area contributed by atoms with Crippen LogP contribution in [0.5, 0.6) is 0 Å². The molecule has 0 saturated heterocycles. The summed E-state index contributed by atoms with van der Waals surface area (Å²) < 4.78 is 0. The third-order valence-electron chi connectivity index (χ3n) is 4.02. The normalized spacial score (nSPS) is 15.4. The van der Waals surface area contributed by atoms with Gasteiger partial charge in [-0.05, 0) is 45.3 Å². The van der Waals surface area contributed by atoms with Gasteiger partial charge in [-0.1, -0.05) is 36.4 Å². The largest absolute Gasteiger partial charge is 0.357 e. The van der Waals surface area contributed by atoms with Gasteiger partial charge in [-0.3, -0.25) is 4.99 Å². The molecular formula is C20H33IN4. The lowest BCUT2D eigenvalue weighted by atomic mass is 10.00. The number of aliphatic imine (C=N–C) groups is 1. The summed E-state index contributed by atoms with van der Waals surface area (Å²) in [6, 6.07) is 10.7. The SMILES string of the molecule is CCNC(=NCCNC(C)(C)C)N1CC=C(c2ccccc2)CC1.I. The van der Waals surface area contributed by atoms with Crippen LogP contribution >= 0.6 is 24.0 Å². The molecule has 0 aliphatic carbocycles. The zero-order valence-corrected chi connectivity index (χ0v) is 18.3. The van der Waals surface area contributed by atoms with Crippen molar-refractivity contribution in [3.8, 4) is 0 Å². The first-order valence-corrected chi connectivity index (χ1v) is 9.02. The van der Waals surface area contributed by atoms with Crippen LogP contribution in [0.1, 0.15) is 39.7 Å². The Morgan fingerprint density at radius 2 is 1.92 bits per heavy atom. The zero-order valence-electron chi connectivity index (χ0n) is 16.0. The van der Waals surface area contributed by atoms with E-state index in [-0.39, 0.29) is 29.5 Å². The van der Waals surface area contributed by atoms with Gasteiger partial charge in [-0.15, -0.1) is 24.0 Å². The quantitative estimate of drug-likeness (QED) is 0.307. The highest BCUT2D eigenvalue weighted by molar-refractivity contribution is 14.0. The second kappa shape index (κ2) is 10.8. The molecule has 0 aromatic heterocycles. The van der Waals surface area contributed by atoms with E-state index in [2.05, 4.69) is 79.6 Å². The van der Waals surface area contributed by atoms with Crippen LogP contribution in [0, 0.1) is 0 Å². The van der Waals surface area contributed by atoms with Crippen LogP contribution in [-0.4, -0.2) is 49.1 Å². The molecule has 5 heteroatoms. The molecular weight excluding hydrogens is 423 g/mol. The van der Waals surface area contributed by atoms with E-state index in [1.165, 1.54) is 11.1 Å². The van der Waals surface area contributed by atoms with Crippen LogP contribution in [0.15, 0.2) is 41.4 Å². The molecule has 4 nitrogen and oxygen atoms in total. The maximum absolute atomic E-state index is 4.78. The van der Waals surface area contributed by atoms with Crippen molar-refractivity contribution in [3.05, 3.63) is 42.0 Å². The van der Waals surface area contributed by atoms with Gasteiger partial charge >= 0.3 is 0 Å². The molecule has 1 aromatic rings. The van der Waals surface area contributed by atoms with Gasteiger partial charge in [0.25, 0.3) is 0 Å². The van der Waals surface area contributed by atoms with E-state index in [0.717, 1.165) is 45.1 Å². The Morgan fingerprint density at radius 1 is 1.20 bits per heavy atom. The summed E-state index contributed by atoms with van der Waals surface area (Å²) in [5.41, 5.74) is 2.93. The van der Waals surface area contributed by atoms with E-state index < -0.39 is 0 Å². The van der Waals surface area contributed by atoms with Crippen LogP contribution in [0.2, 0.25) is 0 Å². The molecule has 25 heavy (non-hydrogen) atoms. The van der Waals surface area contributed by atoms with Crippen molar-refractivity contribution < 1.29 is 0 Å². The minimum absolute atomic E-state index is 0. The summed E-state index contributed by atoms with van der Waals surface area (Å²) in [5, 5.41) is 6.91. The molecule has 140 valence electrons. The lowest BCUT2D eigenvalue weighted by Crippen LogP contribution is -2.44. The molecule has 2 rings (SSSR count). The maximum atomic E-state index is 4.78. The lowest BCUT2D eigenvalue weighted by Gasteiger charge is -2.30. The number of hydrogen-bond donors (Lipinski definition) is 2. The molecule has 0 fully saturated rings. The fourth-order valence-electron chi connectivity index (χ4n) is 2.79. The highest BCUT2D eigenvalue weighted by Gasteiger charge is 2.16. The highest BCUT2D eigenvalue weighted by Crippen LogP contribution is 2.21. The van der Waals surface area contributed by atoms with Crippen LogP contribution in [0.25, 0.3) is 5.57 Å². The standard InChI is InChI=1S/C20H32N4.HI/c1-5-21-19(22-13-14-23-20(2,3)4)24-15-11-18(12-16-24)17-9-7-6-8-10-17;/h6-11,23H,5,12-16H2,1-4H3,(H,21,22);1H. The number of hydrogen-bond acceptors (Lipinski definition) is 2. The number of nitrogens with zero attached hydrogens (tertiary/aromatic N) is 2. The minimum Gasteiger partial charge on any atom is -0.357 e. The molecule has 0 bridgehead atoms. The number of nitrogens with one attached hydrogen (secondary N) is 2. The van der Waals surface area contributed by atoms with Gasteiger partial charge in [0.05, 0.1) is 6.54 Å². The van der Waals surface area contributed by atoms with E-state index in [1.807, 2.05) is 0 Å². The van der Waals surface area contributed by atoms with Crippen molar-refractivity contribution in [2.45, 2.75) is 39.7 Å². The molecule has 0 atom stereocenters. The molecule has 1 aromatic carbocycles. The van der Waals surface area contributed by atoms with Gasteiger partial charge in [0.2, 0.25) is 0 Å². The molecule has 1 aliphatic heterocycles. The summed E-state index contributed by atoms with van der Waals surface area (Å²) >= 11 is 0. The van der Waals surface area contributed by atoms with Crippen LogP contribution in [-0.2, 0) is 0 Å². The van der Waals surface area contributed by atoms with E-state index >= 15 is 0 Å². The molecule has 2 N–H and O–H groups in total. The second-order valence-electron chi connectivity index (χ2n) is 7.20. The topological polar surface area (TPSA) is 39.7 Å². The van der Waals surface area contributed by atoms with Crippen molar-refractivity contribution in [1.82, 2.24) is 15.5 Å². The maximum Gasteiger partial charge on any atom is 0.194 e. The Bertz CT molecular complexity index is 561. The predicted molar refractivity (Wildman–Crippen MR) is 120 cm³/mol. The Hall–Kier alpha value is -1.08. The van der Waals surface area contributed by atoms with Gasteiger partial charge in [-0.25, -0.2) is 0 Å². The fourth-order valence-corrected chi connectivity index (χ4v) is 2.79. The fraction of sp³-hybridized carbons (Fsp3) is 0.550. The van der Waals surface area contributed by atoms with Crippen LogP contribution < -0.4 is 10.6 Å². The smallest absolute Gasteiger partial charge is 0.194 e. The molecule has 0 unspecified atom stereocenters. The number of benzene rings is 1. The summed E-state index contributed by atoms with van der Waals surface area (Å²) in [6.45, 7) is 13.2. The molecule has 0 amide bonds. The minimum atomic E-state index is 0. The highest BCUT2D eigenvalue weighted by atomic mass is 127. The number of rotatable bonds is 5. The summed E-state index contributed by atoms with van der Waals surface area (Å²) in [4.78, 5) is 7.12. The Kier molecular flexibility index (Phi) is 9.50. The van der Waals surface area contributed by atoms with Crippen molar-refractivity contribution >= 4 is 35.5 Å². The van der Waals surface area contributed by atoms with Gasteiger partial charge in [0.15, 0.2) is 5.96 Å². The van der Waals surface area contributed by atoms with Crippen molar-refractivity contribution in [2.75, 3.05) is 32.7 Å². The number of guanidine groups is 1. The van der Waals surface area contributed by atoms with Gasteiger partial charge in [0, 0.05) is 31.7 Å². The Morgan fingerprint density at radius 3 is 2.48 bits per heavy atom. The molecule has 1 aliphatic rings. The zero-order chi connectivity index (χ0) is 17.4. The van der Waals surface area contributed by atoms with Crippen molar-refractivity contribution in [3.63, 3.8) is 0 Å². The third-order valence-corrected chi connectivity index (χ3v) is 4.02. The van der Waals surface area contributed by atoms with Gasteiger partial charge in [0.1, 0.15) is 0 Å². The van der Waals surface area contributed by atoms with Gasteiger partial charge in [-0.2, -0.15) is 0 Å². The summed E-state index contributed by atoms with van der Waals surface area (Å²) in [7, 11) is 0. The Labute approximate surface area is 170 Å². The molecule has 0 radical (unpaired) electrons. The Balaban J connectivity index is 0.00000312. The summed E-state index contributed by atoms with van der Waals surface area (Å²) in [6.07, 6.45) is 3.40. The van der Waals surface area contributed by atoms with Gasteiger partial charge < -0.3 is 15.5 Å². The second-order valence-corrected chi connectivity index (χ2v) is 7.20. The van der Waals surface area contributed by atoms with E-state index in [1.54, 1.807) is 0 Å². The van der Waals surface area contributed by atoms with Crippen LogP contribution in [0.3, 0.4) is 0 Å². The lowest BCUT2D eigenvalue weighted by molar-refractivity contribution is 0.424. The molecule has 1 heterocycles. The first kappa shape index (κ1) is 22.0. The number of halogens is 1. The van der Waals surface area contributed by atoms with Crippen molar-refractivity contribution in [1.29, 1.82) is 0 Å². The average molecular weight is 456 g/mol. The monoisotopic (exact) mass is 456 g/mol. The van der Waals surface area contributed by atoms with E-state index in [0.29, 0.717) is 0 Å². The molecule has 0 saturated carbocycles. The van der Waals surface area contributed by atoms with E-state index in [9.17, 15) is 0 Å². The van der Waals surface area contributed by atoms with E-state index in [4.69, 9.17) is 4.99 Å². The third kappa shape index (κ3) is 7.77. The van der Waals surface area contributed by atoms with Crippen LogP contribution in [0.4, 0.5) is 0 Å². The first-order chi connectivity index (χ1) is 11.5. The van der Waals surface area contributed by atoms with Crippen molar-refractivity contribution in [2.24, 2.45) is 4.99 Å². The average Bonchev–Trinajstić information content (AvgIpc) is 2.58. The summed E-state index contributed by atoms with van der Waals surface area (Å²) in [5.74, 6) is 1.02.